The predicted octanol–water partition coefficient (Wildman–Crippen LogP) is 6.61. The van der Waals surface area contributed by atoms with Crippen LogP contribution in [0, 0.1) is 13.8 Å². The van der Waals surface area contributed by atoms with Gasteiger partial charge in [-0.15, -0.1) is 0 Å². The first-order valence-electron chi connectivity index (χ1n) is 12.0. The summed E-state index contributed by atoms with van der Waals surface area (Å²) >= 11 is 6.74. The topological polar surface area (TPSA) is 84.9 Å². The number of nitrogens with zero attached hydrogens (tertiary/aromatic N) is 1. The lowest BCUT2D eigenvalue weighted by Crippen LogP contribution is -2.36. The van der Waals surface area contributed by atoms with E-state index in [0.717, 1.165) is 33.4 Å². The molecule has 1 N–H and O–H groups in total. The lowest BCUT2D eigenvalue weighted by molar-refractivity contribution is -0.127. The minimum Gasteiger partial charge on any atom is -0.490 e. The molecular weight excluding hydrogens is 524 g/mol. The molecule has 9 heteroatoms. The number of thioether (sulfide) groups is 1. The van der Waals surface area contributed by atoms with Gasteiger partial charge in [-0.2, -0.15) is 0 Å². The van der Waals surface area contributed by atoms with E-state index >= 15 is 0 Å². The largest absolute Gasteiger partial charge is 0.490 e. The molecule has 1 fully saturated rings. The van der Waals surface area contributed by atoms with Gasteiger partial charge in [0.1, 0.15) is 13.2 Å². The van der Waals surface area contributed by atoms with E-state index in [0.29, 0.717) is 41.0 Å². The van der Waals surface area contributed by atoms with Crippen LogP contribution in [0.1, 0.15) is 29.2 Å². The van der Waals surface area contributed by atoms with Crippen LogP contribution in [0.3, 0.4) is 0 Å². The molecule has 7 nitrogen and oxygen atoms in total. The molecule has 3 amide bonds. The zero-order valence-corrected chi connectivity index (χ0v) is 22.8. The van der Waals surface area contributed by atoms with Crippen LogP contribution in [0.25, 0.3) is 6.08 Å². The fraction of sp³-hybridized carbons (Fsp3) is 0.207. The van der Waals surface area contributed by atoms with Crippen LogP contribution in [0.2, 0.25) is 5.02 Å². The third-order valence-corrected chi connectivity index (χ3v) is 7.09. The average molecular weight is 551 g/mol. The molecule has 1 aliphatic heterocycles. The van der Waals surface area contributed by atoms with Crippen LogP contribution in [0.4, 0.5) is 10.5 Å². The molecular formula is C29H27ClN2O5S. The molecule has 3 aromatic carbocycles. The molecule has 0 atom stereocenters. The van der Waals surface area contributed by atoms with Gasteiger partial charge < -0.3 is 14.8 Å². The van der Waals surface area contributed by atoms with E-state index in [1.807, 2.05) is 45.0 Å². The Balaban J connectivity index is 1.45. The second-order valence-electron chi connectivity index (χ2n) is 8.62. The Kier molecular flexibility index (Phi) is 8.76. The number of ether oxygens (including phenoxy) is 2. The van der Waals surface area contributed by atoms with Crippen molar-refractivity contribution < 1.29 is 23.9 Å². The summed E-state index contributed by atoms with van der Waals surface area (Å²) in [5.74, 6) is 0.109. The Morgan fingerprint density at radius 3 is 2.53 bits per heavy atom. The Morgan fingerprint density at radius 2 is 1.79 bits per heavy atom. The first-order valence-corrected chi connectivity index (χ1v) is 13.2. The van der Waals surface area contributed by atoms with Gasteiger partial charge in [-0.1, -0.05) is 41.9 Å². The maximum Gasteiger partial charge on any atom is 0.294 e. The summed E-state index contributed by atoms with van der Waals surface area (Å²) in [6.45, 7) is 6.10. The summed E-state index contributed by atoms with van der Waals surface area (Å²) in [6.07, 6.45) is 1.61. The highest BCUT2D eigenvalue weighted by Gasteiger charge is 2.36. The van der Waals surface area contributed by atoms with Crippen LogP contribution < -0.4 is 14.8 Å². The molecule has 1 saturated heterocycles. The highest BCUT2D eigenvalue weighted by atomic mass is 35.5. The highest BCUT2D eigenvalue weighted by molar-refractivity contribution is 8.18. The molecule has 0 saturated carbocycles. The summed E-state index contributed by atoms with van der Waals surface area (Å²) in [5, 5.41) is 2.94. The SMILES string of the molecule is CCOc1cc(/C=C2/SC(=O)N(CC(=O)Nc3cccc(C)c3C)C2=O)ccc1OCc1ccc(Cl)cc1. The van der Waals surface area contributed by atoms with Gasteiger partial charge in [0, 0.05) is 10.7 Å². The molecule has 38 heavy (non-hydrogen) atoms. The summed E-state index contributed by atoms with van der Waals surface area (Å²) < 4.78 is 11.7. The van der Waals surface area contributed by atoms with E-state index in [2.05, 4.69) is 5.32 Å². The molecule has 0 aliphatic carbocycles. The number of imide groups is 1. The van der Waals surface area contributed by atoms with Crippen LogP contribution in [0.5, 0.6) is 11.5 Å². The number of carbonyl (C=O) groups is 3. The van der Waals surface area contributed by atoms with E-state index in [-0.39, 0.29) is 11.4 Å². The van der Waals surface area contributed by atoms with Crippen molar-refractivity contribution in [3.05, 3.63) is 92.8 Å². The van der Waals surface area contributed by atoms with Crippen molar-refractivity contribution in [3.8, 4) is 11.5 Å². The van der Waals surface area contributed by atoms with Crippen LogP contribution >= 0.6 is 23.4 Å². The zero-order chi connectivity index (χ0) is 27.2. The molecule has 1 aliphatic rings. The van der Waals surface area contributed by atoms with Crippen molar-refractivity contribution in [2.45, 2.75) is 27.4 Å². The van der Waals surface area contributed by atoms with Crippen molar-refractivity contribution in [2.75, 3.05) is 18.5 Å². The molecule has 4 rings (SSSR count). The number of hydrogen-bond acceptors (Lipinski definition) is 6. The summed E-state index contributed by atoms with van der Waals surface area (Å²) in [5.41, 5.74) is 4.23. The molecule has 0 radical (unpaired) electrons. The lowest BCUT2D eigenvalue weighted by atomic mass is 10.1. The summed E-state index contributed by atoms with van der Waals surface area (Å²) in [7, 11) is 0. The van der Waals surface area contributed by atoms with Crippen LogP contribution in [-0.4, -0.2) is 35.1 Å². The van der Waals surface area contributed by atoms with E-state index in [4.69, 9.17) is 21.1 Å². The Labute approximate surface area is 230 Å². The number of benzene rings is 3. The molecule has 0 spiro atoms. The summed E-state index contributed by atoms with van der Waals surface area (Å²) in [6, 6.07) is 18.2. The second kappa shape index (κ2) is 12.2. The molecule has 0 bridgehead atoms. The quantitative estimate of drug-likeness (QED) is 0.302. The van der Waals surface area contributed by atoms with Crippen molar-refractivity contribution >= 4 is 52.2 Å². The Morgan fingerprint density at radius 1 is 1.03 bits per heavy atom. The second-order valence-corrected chi connectivity index (χ2v) is 10.0. The third kappa shape index (κ3) is 6.57. The monoisotopic (exact) mass is 550 g/mol. The first kappa shape index (κ1) is 27.3. The summed E-state index contributed by atoms with van der Waals surface area (Å²) in [4.78, 5) is 39.3. The van der Waals surface area contributed by atoms with Gasteiger partial charge in [0.15, 0.2) is 11.5 Å². The van der Waals surface area contributed by atoms with Crippen molar-refractivity contribution in [2.24, 2.45) is 0 Å². The molecule has 3 aromatic rings. The lowest BCUT2D eigenvalue weighted by Gasteiger charge is -2.14. The Bertz CT molecular complexity index is 1400. The predicted molar refractivity (Wildman–Crippen MR) is 151 cm³/mol. The van der Waals surface area contributed by atoms with Crippen LogP contribution in [0.15, 0.2) is 65.6 Å². The number of rotatable bonds is 9. The van der Waals surface area contributed by atoms with E-state index in [9.17, 15) is 14.4 Å². The molecule has 1 heterocycles. The van der Waals surface area contributed by atoms with E-state index in [1.54, 1.807) is 42.5 Å². The van der Waals surface area contributed by atoms with Gasteiger partial charge in [0.25, 0.3) is 11.1 Å². The van der Waals surface area contributed by atoms with Gasteiger partial charge in [0.2, 0.25) is 5.91 Å². The molecule has 0 aromatic heterocycles. The van der Waals surface area contributed by atoms with Gasteiger partial charge in [-0.25, -0.2) is 0 Å². The molecule has 0 unspecified atom stereocenters. The fourth-order valence-electron chi connectivity index (χ4n) is 3.75. The first-order chi connectivity index (χ1) is 18.2. The number of anilines is 1. The number of nitrogens with one attached hydrogen (secondary N) is 1. The maximum absolute atomic E-state index is 13.0. The van der Waals surface area contributed by atoms with E-state index in [1.165, 1.54) is 0 Å². The third-order valence-electron chi connectivity index (χ3n) is 5.93. The van der Waals surface area contributed by atoms with E-state index < -0.39 is 17.1 Å². The number of amides is 3. The highest BCUT2D eigenvalue weighted by Crippen LogP contribution is 2.35. The van der Waals surface area contributed by atoms with Gasteiger partial charge in [0.05, 0.1) is 11.5 Å². The van der Waals surface area contributed by atoms with Gasteiger partial charge >= 0.3 is 0 Å². The van der Waals surface area contributed by atoms with Crippen molar-refractivity contribution in [1.29, 1.82) is 0 Å². The zero-order valence-electron chi connectivity index (χ0n) is 21.2. The maximum atomic E-state index is 13.0. The fourth-order valence-corrected chi connectivity index (χ4v) is 4.72. The minimum atomic E-state index is -0.517. The number of carbonyl (C=O) groups excluding carboxylic acids is 3. The smallest absolute Gasteiger partial charge is 0.294 e. The van der Waals surface area contributed by atoms with Gasteiger partial charge in [-0.3, -0.25) is 19.3 Å². The van der Waals surface area contributed by atoms with Crippen molar-refractivity contribution in [1.82, 2.24) is 4.90 Å². The number of halogens is 1. The Hall–Kier alpha value is -3.75. The standard InChI is InChI=1S/C29H27ClN2O5S/c1-4-36-25-14-21(10-13-24(25)37-17-20-8-11-22(30)12-9-20)15-26-28(34)32(29(35)38-26)16-27(33)31-23-7-5-6-18(2)19(23)3/h5-15H,4,16-17H2,1-3H3,(H,31,33)/b26-15+. The van der Waals surface area contributed by atoms with Gasteiger partial charge in [-0.05, 0) is 91.2 Å². The van der Waals surface area contributed by atoms with Crippen LogP contribution in [-0.2, 0) is 16.2 Å². The minimum absolute atomic E-state index is 0.229. The van der Waals surface area contributed by atoms with Crippen molar-refractivity contribution in [3.63, 3.8) is 0 Å². The average Bonchev–Trinajstić information content (AvgIpc) is 3.14. The number of hydrogen-bond donors (Lipinski definition) is 1. The normalized spacial score (nSPS) is 14.2. The molecule has 196 valence electrons. The number of aryl methyl sites for hydroxylation is 1.